The molecule has 0 unspecified atom stereocenters. The molecule has 3 aromatic carbocycles. The SMILES string of the molecule is Nc1c(NC(=O)c2ccc(Cl)cc2)n(-c2ccccc2)c2nc3ccccc3nc12. The molecule has 0 radical (unpaired) electrons. The zero-order chi connectivity index (χ0) is 20.7. The highest BCUT2D eigenvalue weighted by molar-refractivity contribution is 6.30. The molecule has 146 valence electrons. The van der Waals surface area contributed by atoms with Crippen LogP contribution >= 0.6 is 11.6 Å². The summed E-state index contributed by atoms with van der Waals surface area (Å²) in [6.07, 6.45) is 0. The summed E-state index contributed by atoms with van der Waals surface area (Å²) in [5, 5.41) is 3.49. The van der Waals surface area contributed by atoms with Crippen molar-refractivity contribution in [2.75, 3.05) is 11.1 Å². The molecule has 0 bridgehead atoms. The Kier molecular flexibility index (Phi) is 4.34. The summed E-state index contributed by atoms with van der Waals surface area (Å²) in [6.45, 7) is 0. The van der Waals surface area contributed by atoms with Gasteiger partial charge in [0.05, 0.1) is 11.0 Å². The van der Waals surface area contributed by atoms with Crippen molar-refractivity contribution in [1.29, 1.82) is 0 Å². The number of carbonyl (C=O) groups is 1. The third-order valence-electron chi connectivity index (χ3n) is 4.85. The number of anilines is 2. The van der Waals surface area contributed by atoms with E-state index in [4.69, 9.17) is 27.3 Å². The predicted octanol–water partition coefficient (Wildman–Crippen LogP) is 5.06. The summed E-state index contributed by atoms with van der Waals surface area (Å²) in [5.41, 5.74) is 10.7. The monoisotopic (exact) mass is 413 g/mol. The summed E-state index contributed by atoms with van der Waals surface area (Å²) in [7, 11) is 0. The molecule has 0 atom stereocenters. The Hall–Kier alpha value is -3.90. The summed E-state index contributed by atoms with van der Waals surface area (Å²) < 4.78 is 1.82. The molecular weight excluding hydrogens is 398 g/mol. The molecule has 5 rings (SSSR count). The average Bonchev–Trinajstić information content (AvgIpc) is 3.04. The minimum absolute atomic E-state index is 0.303. The van der Waals surface area contributed by atoms with Gasteiger partial charge in [-0.15, -0.1) is 0 Å². The van der Waals surface area contributed by atoms with E-state index in [1.165, 1.54) is 0 Å². The first-order valence-electron chi connectivity index (χ1n) is 9.31. The fraction of sp³-hybridized carbons (Fsp3) is 0. The maximum atomic E-state index is 12.9. The minimum atomic E-state index is -0.303. The van der Waals surface area contributed by atoms with Crippen LogP contribution in [-0.2, 0) is 0 Å². The van der Waals surface area contributed by atoms with E-state index in [2.05, 4.69) is 5.32 Å². The number of nitrogens with two attached hydrogens (primary N) is 1. The van der Waals surface area contributed by atoms with Gasteiger partial charge in [0.2, 0.25) is 0 Å². The number of hydrogen-bond acceptors (Lipinski definition) is 4. The Labute approximate surface area is 176 Å². The van der Waals surface area contributed by atoms with Crippen molar-refractivity contribution in [2.45, 2.75) is 0 Å². The van der Waals surface area contributed by atoms with Crippen LogP contribution in [0.25, 0.3) is 27.9 Å². The Morgan fingerprint density at radius 3 is 2.20 bits per heavy atom. The fourth-order valence-electron chi connectivity index (χ4n) is 3.40. The molecule has 0 fully saturated rings. The van der Waals surface area contributed by atoms with Crippen LogP contribution in [0, 0.1) is 0 Å². The Morgan fingerprint density at radius 2 is 1.50 bits per heavy atom. The summed E-state index contributed by atoms with van der Waals surface area (Å²) in [5.74, 6) is 0.120. The van der Waals surface area contributed by atoms with E-state index in [0.717, 1.165) is 16.7 Å². The highest BCUT2D eigenvalue weighted by Gasteiger charge is 2.22. The smallest absolute Gasteiger partial charge is 0.256 e. The molecule has 30 heavy (non-hydrogen) atoms. The van der Waals surface area contributed by atoms with Crippen LogP contribution in [0.4, 0.5) is 11.5 Å². The van der Waals surface area contributed by atoms with E-state index >= 15 is 0 Å². The molecule has 0 saturated heterocycles. The number of nitrogen functional groups attached to an aromatic ring is 1. The van der Waals surface area contributed by atoms with Crippen molar-refractivity contribution in [1.82, 2.24) is 14.5 Å². The van der Waals surface area contributed by atoms with E-state index in [1.807, 2.05) is 59.2 Å². The van der Waals surface area contributed by atoms with Gasteiger partial charge in [-0.05, 0) is 48.5 Å². The molecule has 1 amide bonds. The zero-order valence-electron chi connectivity index (χ0n) is 15.7. The number of nitrogens with one attached hydrogen (secondary N) is 1. The van der Waals surface area contributed by atoms with Crippen molar-refractivity contribution in [3.63, 3.8) is 0 Å². The lowest BCUT2D eigenvalue weighted by molar-refractivity contribution is 0.102. The van der Waals surface area contributed by atoms with Crippen LogP contribution in [0.5, 0.6) is 0 Å². The van der Waals surface area contributed by atoms with Crippen molar-refractivity contribution >= 4 is 51.2 Å². The van der Waals surface area contributed by atoms with E-state index < -0.39 is 0 Å². The first-order chi connectivity index (χ1) is 14.6. The van der Waals surface area contributed by atoms with Gasteiger partial charge in [-0.25, -0.2) is 9.97 Å². The van der Waals surface area contributed by atoms with Gasteiger partial charge in [0.1, 0.15) is 17.0 Å². The Balaban J connectivity index is 1.73. The molecule has 5 aromatic rings. The second-order valence-corrected chi connectivity index (χ2v) is 7.22. The molecule has 0 aliphatic heterocycles. The molecule has 0 spiro atoms. The van der Waals surface area contributed by atoms with Crippen LogP contribution < -0.4 is 11.1 Å². The normalized spacial score (nSPS) is 11.1. The third kappa shape index (κ3) is 3.03. The van der Waals surface area contributed by atoms with E-state index in [1.54, 1.807) is 24.3 Å². The number of para-hydroxylation sites is 3. The number of nitrogens with zero attached hydrogens (tertiary/aromatic N) is 3. The number of amides is 1. The quantitative estimate of drug-likeness (QED) is 0.432. The van der Waals surface area contributed by atoms with Crippen molar-refractivity contribution in [3.8, 4) is 5.69 Å². The number of benzene rings is 3. The second kappa shape index (κ2) is 7.17. The van der Waals surface area contributed by atoms with E-state index in [0.29, 0.717) is 33.3 Å². The number of halogens is 1. The maximum Gasteiger partial charge on any atom is 0.256 e. The van der Waals surface area contributed by atoms with Crippen LogP contribution in [-0.4, -0.2) is 20.4 Å². The Bertz CT molecular complexity index is 1390. The van der Waals surface area contributed by atoms with Crippen LogP contribution in [0.1, 0.15) is 10.4 Å². The van der Waals surface area contributed by atoms with Crippen LogP contribution in [0.2, 0.25) is 5.02 Å². The van der Waals surface area contributed by atoms with Gasteiger partial charge in [-0.1, -0.05) is 41.9 Å². The lowest BCUT2D eigenvalue weighted by atomic mass is 10.2. The van der Waals surface area contributed by atoms with E-state index in [9.17, 15) is 4.79 Å². The third-order valence-corrected chi connectivity index (χ3v) is 5.10. The van der Waals surface area contributed by atoms with Gasteiger partial charge in [-0.3, -0.25) is 9.36 Å². The van der Waals surface area contributed by atoms with Crippen molar-refractivity contribution in [3.05, 3.63) is 89.4 Å². The Morgan fingerprint density at radius 1 is 0.867 bits per heavy atom. The molecule has 3 N–H and O–H groups in total. The molecule has 7 heteroatoms. The summed E-state index contributed by atoms with van der Waals surface area (Å²) in [6, 6.07) is 23.8. The van der Waals surface area contributed by atoms with E-state index in [-0.39, 0.29) is 5.91 Å². The van der Waals surface area contributed by atoms with Crippen LogP contribution in [0.3, 0.4) is 0 Å². The highest BCUT2D eigenvalue weighted by atomic mass is 35.5. The number of hydrogen-bond donors (Lipinski definition) is 2. The first kappa shape index (κ1) is 18.1. The standard InChI is InChI=1S/C23H16ClN5O/c24-15-12-10-14(11-13-15)23(30)28-21-19(25)20-22(29(21)16-6-2-1-3-7-16)27-18-9-5-4-8-17(18)26-20/h1-13H,25H2,(H,28,30). The van der Waals surface area contributed by atoms with Gasteiger partial charge in [0.25, 0.3) is 5.91 Å². The molecule has 0 aliphatic rings. The number of rotatable bonds is 3. The van der Waals surface area contributed by atoms with Gasteiger partial charge in [0.15, 0.2) is 5.65 Å². The first-order valence-corrected chi connectivity index (χ1v) is 9.68. The summed E-state index contributed by atoms with van der Waals surface area (Å²) >= 11 is 5.94. The van der Waals surface area contributed by atoms with Gasteiger partial charge in [0, 0.05) is 16.3 Å². The molecule has 0 saturated carbocycles. The topological polar surface area (TPSA) is 85.8 Å². The lowest BCUT2D eigenvalue weighted by Crippen LogP contribution is -2.15. The number of aromatic nitrogens is 3. The van der Waals surface area contributed by atoms with Gasteiger partial charge >= 0.3 is 0 Å². The number of fused-ring (bicyclic) bond motifs is 2. The fourth-order valence-corrected chi connectivity index (χ4v) is 3.52. The largest absolute Gasteiger partial charge is 0.394 e. The maximum absolute atomic E-state index is 12.9. The molecule has 0 aliphatic carbocycles. The molecular formula is C23H16ClN5O. The van der Waals surface area contributed by atoms with Gasteiger partial charge < -0.3 is 11.1 Å². The average molecular weight is 414 g/mol. The highest BCUT2D eigenvalue weighted by Crippen LogP contribution is 2.35. The zero-order valence-corrected chi connectivity index (χ0v) is 16.5. The lowest BCUT2D eigenvalue weighted by Gasteiger charge is -2.12. The summed E-state index contributed by atoms with van der Waals surface area (Å²) in [4.78, 5) is 22.4. The number of carbonyl (C=O) groups excluding carboxylic acids is 1. The van der Waals surface area contributed by atoms with Gasteiger partial charge in [-0.2, -0.15) is 0 Å². The predicted molar refractivity (Wildman–Crippen MR) is 120 cm³/mol. The molecule has 6 nitrogen and oxygen atoms in total. The molecule has 2 aromatic heterocycles. The van der Waals surface area contributed by atoms with Crippen molar-refractivity contribution in [2.24, 2.45) is 0 Å². The molecule has 2 heterocycles. The van der Waals surface area contributed by atoms with Crippen LogP contribution in [0.15, 0.2) is 78.9 Å². The minimum Gasteiger partial charge on any atom is -0.394 e. The second-order valence-electron chi connectivity index (χ2n) is 6.78. The van der Waals surface area contributed by atoms with Crippen molar-refractivity contribution < 1.29 is 4.79 Å².